The molecule has 1 aliphatic rings. The standard InChI is InChI=1S/C14H22FN3/c1-17(14-5-2-4-13(15)12-14)10-11-18-8-3-6-16-7-9-18/h2,4-5,12,16H,3,6-11H2,1H3. The van der Waals surface area contributed by atoms with Gasteiger partial charge in [-0.2, -0.15) is 0 Å². The van der Waals surface area contributed by atoms with Crippen LogP contribution in [0.4, 0.5) is 10.1 Å². The lowest BCUT2D eigenvalue weighted by molar-refractivity contribution is 0.299. The molecule has 3 nitrogen and oxygen atoms in total. The third kappa shape index (κ3) is 3.96. The van der Waals surface area contributed by atoms with Gasteiger partial charge in [0.15, 0.2) is 0 Å². The fourth-order valence-electron chi connectivity index (χ4n) is 2.26. The maximum absolute atomic E-state index is 13.1. The van der Waals surface area contributed by atoms with Gasteiger partial charge in [-0.05, 0) is 37.7 Å². The van der Waals surface area contributed by atoms with Crippen molar-refractivity contribution in [3.05, 3.63) is 30.1 Å². The number of hydrogen-bond donors (Lipinski definition) is 1. The maximum Gasteiger partial charge on any atom is 0.125 e. The molecule has 1 saturated heterocycles. The van der Waals surface area contributed by atoms with Crippen molar-refractivity contribution >= 4 is 5.69 Å². The summed E-state index contributed by atoms with van der Waals surface area (Å²) >= 11 is 0. The minimum atomic E-state index is -0.168. The Labute approximate surface area is 109 Å². The molecule has 0 unspecified atom stereocenters. The summed E-state index contributed by atoms with van der Waals surface area (Å²) in [6.07, 6.45) is 1.21. The summed E-state index contributed by atoms with van der Waals surface area (Å²) in [5.41, 5.74) is 0.947. The van der Waals surface area contributed by atoms with E-state index in [-0.39, 0.29) is 5.82 Å². The third-order valence-electron chi connectivity index (χ3n) is 3.43. The highest BCUT2D eigenvalue weighted by molar-refractivity contribution is 5.45. The predicted molar refractivity (Wildman–Crippen MR) is 73.6 cm³/mol. The van der Waals surface area contributed by atoms with E-state index in [1.807, 2.05) is 13.1 Å². The molecule has 1 aromatic rings. The van der Waals surface area contributed by atoms with Gasteiger partial charge in [0.25, 0.3) is 0 Å². The first kappa shape index (κ1) is 13.3. The summed E-state index contributed by atoms with van der Waals surface area (Å²) in [6.45, 7) is 6.43. The average molecular weight is 251 g/mol. The number of halogens is 1. The molecule has 4 heteroatoms. The molecule has 2 rings (SSSR count). The Hall–Kier alpha value is -1.13. The van der Waals surface area contributed by atoms with Crippen LogP contribution in [0.25, 0.3) is 0 Å². The molecule has 0 atom stereocenters. The first-order valence-electron chi connectivity index (χ1n) is 6.65. The van der Waals surface area contributed by atoms with E-state index in [1.165, 1.54) is 12.5 Å². The lowest BCUT2D eigenvalue weighted by atomic mass is 10.3. The Balaban J connectivity index is 1.82. The van der Waals surface area contributed by atoms with Crippen LogP contribution in [-0.2, 0) is 0 Å². The Bertz CT molecular complexity index is 362. The predicted octanol–water partition coefficient (Wildman–Crippen LogP) is 1.56. The average Bonchev–Trinajstić information content (AvgIpc) is 2.64. The van der Waals surface area contributed by atoms with Crippen LogP contribution in [0.2, 0.25) is 0 Å². The van der Waals surface area contributed by atoms with Gasteiger partial charge >= 0.3 is 0 Å². The summed E-state index contributed by atoms with van der Waals surface area (Å²) < 4.78 is 13.1. The van der Waals surface area contributed by atoms with Gasteiger partial charge in [0.05, 0.1) is 0 Å². The van der Waals surface area contributed by atoms with Gasteiger partial charge in [-0.1, -0.05) is 6.07 Å². The number of nitrogens with one attached hydrogen (secondary N) is 1. The van der Waals surface area contributed by atoms with Crippen molar-refractivity contribution in [1.29, 1.82) is 0 Å². The van der Waals surface area contributed by atoms with Crippen molar-refractivity contribution in [2.75, 3.05) is 51.2 Å². The van der Waals surface area contributed by atoms with E-state index >= 15 is 0 Å². The SMILES string of the molecule is CN(CCN1CCCNCC1)c1cccc(F)c1. The molecular formula is C14H22FN3. The van der Waals surface area contributed by atoms with Crippen molar-refractivity contribution in [2.45, 2.75) is 6.42 Å². The van der Waals surface area contributed by atoms with E-state index in [0.717, 1.165) is 45.0 Å². The molecule has 1 aromatic carbocycles. The molecule has 0 aliphatic carbocycles. The zero-order valence-corrected chi connectivity index (χ0v) is 11.0. The molecule has 0 bridgehead atoms. The fraction of sp³-hybridized carbons (Fsp3) is 0.571. The van der Waals surface area contributed by atoms with E-state index < -0.39 is 0 Å². The highest BCUT2D eigenvalue weighted by Crippen LogP contribution is 2.13. The largest absolute Gasteiger partial charge is 0.373 e. The second-order valence-electron chi connectivity index (χ2n) is 4.85. The monoisotopic (exact) mass is 251 g/mol. The quantitative estimate of drug-likeness (QED) is 0.876. The van der Waals surface area contributed by atoms with E-state index in [4.69, 9.17) is 0 Å². The van der Waals surface area contributed by atoms with Gasteiger partial charge in [0.2, 0.25) is 0 Å². The van der Waals surface area contributed by atoms with E-state index in [2.05, 4.69) is 15.1 Å². The molecule has 1 fully saturated rings. The van der Waals surface area contributed by atoms with Crippen LogP contribution in [0, 0.1) is 5.82 Å². The molecule has 0 saturated carbocycles. The minimum absolute atomic E-state index is 0.168. The lowest BCUT2D eigenvalue weighted by Crippen LogP contribution is -2.35. The molecule has 1 aliphatic heterocycles. The Kier molecular flexibility index (Phi) is 4.96. The normalized spacial score (nSPS) is 17.4. The van der Waals surface area contributed by atoms with E-state index in [9.17, 15) is 4.39 Å². The first-order chi connectivity index (χ1) is 8.75. The molecule has 0 spiro atoms. The zero-order chi connectivity index (χ0) is 12.8. The van der Waals surface area contributed by atoms with Crippen LogP contribution >= 0.6 is 0 Å². The highest BCUT2D eigenvalue weighted by Gasteiger charge is 2.09. The molecule has 100 valence electrons. The molecule has 1 N–H and O–H groups in total. The van der Waals surface area contributed by atoms with Crippen molar-refractivity contribution in [2.24, 2.45) is 0 Å². The van der Waals surface area contributed by atoms with Crippen molar-refractivity contribution < 1.29 is 4.39 Å². The van der Waals surface area contributed by atoms with Crippen molar-refractivity contribution in [3.8, 4) is 0 Å². The lowest BCUT2D eigenvalue weighted by Gasteiger charge is -2.25. The van der Waals surface area contributed by atoms with Crippen LogP contribution in [0.15, 0.2) is 24.3 Å². The van der Waals surface area contributed by atoms with Gasteiger partial charge in [0.1, 0.15) is 5.82 Å². The molecule has 0 aromatic heterocycles. The molecule has 0 radical (unpaired) electrons. The van der Waals surface area contributed by atoms with Crippen LogP contribution in [0.3, 0.4) is 0 Å². The number of rotatable bonds is 4. The summed E-state index contributed by atoms with van der Waals surface area (Å²) in [4.78, 5) is 4.58. The minimum Gasteiger partial charge on any atom is -0.373 e. The number of anilines is 1. The number of likely N-dealkylation sites (N-methyl/N-ethyl adjacent to an activating group) is 1. The van der Waals surface area contributed by atoms with Crippen molar-refractivity contribution in [1.82, 2.24) is 10.2 Å². The van der Waals surface area contributed by atoms with Crippen LogP contribution in [0.5, 0.6) is 0 Å². The van der Waals surface area contributed by atoms with Crippen LogP contribution < -0.4 is 10.2 Å². The van der Waals surface area contributed by atoms with E-state index in [1.54, 1.807) is 12.1 Å². The molecular weight excluding hydrogens is 229 g/mol. The topological polar surface area (TPSA) is 18.5 Å². The summed E-state index contributed by atoms with van der Waals surface area (Å²) in [5.74, 6) is -0.168. The molecule has 1 heterocycles. The fourth-order valence-corrected chi connectivity index (χ4v) is 2.26. The van der Waals surface area contributed by atoms with Gasteiger partial charge in [-0.3, -0.25) is 0 Å². The molecule has 18 heavy (non-hydrogen) atoms. The molecule has 0 amide bonds. The van der Waals surface area contributed by atoms with Crippen molar-refractivity contribution in [3.63, 3.8) is 0 Å². The van der Waals surface area contributed by atoms with Gasteiger partial charge in [0, 0.05) is 38.9 Å². The summed E-state index contributed by atoms with van der Waals surface area (Å²) in [5, 5.41) is 3.40. The van der Waals surface area contributed by atoms with Crippen LogP contribution in [-0.4, -0.2) is 51.2 Å². The Morgan fingerprint density at radius 3 is 3.06 bits per heavy atom. The van der Waals surface area contributed by atoms with Gasteiger partial charge in [-0.15, -0.1) is 0 Å². The maximum atomic E-state index is 13.1. The Morgan fingerprint density at radius 2 is 2.22 bits per heavy atom. The van der Waals surface area contributed by atoms with Crippen LogP contribution in [0.1, 0.15) is 6.42 Å². The second kappa shape index (κ2) is 6.71. The highest BCUT2D eigenvalue weighted by atomic mass is 19.1. The first-order valence-corrected chi connectivity index (χ1v) is 6.65. The second-order valence-corrected chi connectivity index (χ2v) is 4.85. The van der Waals surface area contributed by atoms with E-state index in [0.29, 0.717) is 0 Å². The summed E-state index contributed by atoms with van der Waals surface area (Å²) in [7, 11) is 2.02. The van der Waals surface area contributed by atoms with Gasteiger partial charge < -0.3 is 15.1 Å². The number of nitrogens with zero attached hydrogens (tertiary/aromatic N) is 2. The number of hydrogen-bond acceptors (Lipinski definition) is 3. The number of benzene rings is 1. The van der Waals surface area contributed by atoms with Gasteiger partial charge in [-0.25, -0.2) is 4.39 Å². The third-order valence-corrected chi connectivity index (χ3v) is 3.43. The Morgan fingerprint density at radius 1 is 1.33 bits per heavy atom. The summed E-state index contributed by atoms with van der Waals surface area (Å²) in [6, 6.07) is 6.78. The zero-order valence-electron chi connectivity index (χ0n) is 11.0. The smallest absolute Gasteiger partial charge is 0.125 e.